The van der Waals surface area contributed by atoms with Gasteiger partial charge in [-0.05, 0) is 48.9 Å². The Bertz CT molecular complexity index is 1020. The number of aryl methyl sites for hydroxylation is 1. The molecular formula is C21H20FNO3S. The van der Waals surface area contributed by atoms with Crippen LogP contribution >= 0.6 is 0 Å². The van der Waals surface area contributed by atoms with E-state index in [1.165, 1.54) is 23.5 Å². The van der Waals surface area contributed by atoms with Crippen LogP contribution in [0.1, 0.15) is 11.1 Å². The van der Waals surface area contributed by atoms with Crippen molar-refractivity contribution in [2.45, 2.75) is 18.4 Å². The number of rotatable bonds is 6. The summed E-state index contributed by atoms with van der Waals surface area (Å²) in [6.45, 7) is 2.12. The minimum Gasteiger partial charge on any atom is -0.497 e. The molecule has 4 nitrogen and oxygen atoms in total. The molecule has 3 rings (SSSR count). The Morgan fingerprint density at radius 2 is 1.63 bits per heavy atom. The summed E-state index contributed by atoms with van der Waals surface area (Å²) >= 11 is 0. The monoisotopic (exact) mass is 385 g/mol. The molecule has 0 aromatic heterocycles. The maximum atomic E-state index is 13.3. The maximum absolute atomic E-state index is 13.3. The molecule has 0 aliphatic rings. The van der Waals surface area contributed by atoms with Gasteiger partial charge in [0.2, 0.25) is 0 Å². The fourth-order valence-electron chi connectivity index (χ4n) is 2.67. The van der Waals surface area contributed by atoms with Gasteiger partial charge in [0.05, 0.1) is 24.2 Å². The van der Waals surface area contributed by atoms with Crippen molar-refractivity contribution in [1.82, 2.24) is 0 Å². The van der Waals surface area contributed by atoms with Crippen LogP contribution in [0.15, 0.2) is 77.7 Å². The van der Waals surface area contributed by atoms with Crippen LogP contribution in [-0.2, 0) is 16.6 Å². The number of sulfonamides is 1. The van der Waals surface area contributed by atoms with E-state index in [4.69, 9.17) is 4.74 Å². The van der Waals surface area contributed by atoms with Crippen LogP contribution in [-0.4, -0.2) is 15.5 Å². The zero-order valence-electron chi connectivity index (χ0n) is 15.1. The van der Waals surface area contributed by atoms with Crippen molar-refractivity contribution in [3.8, 4) is 5.75 Å². The standard InChI is InChI=1S/C21H20FNO3S/c1-16-6-8-17(9-7-16)15-23(19-4-3-5-20(14-19)26-2)27(24,25)21-12-10-18(22)11-13-21/h3-14H,15H2,1-2H3. The third kappa shape index (κ3) is 4.28. The van der Waals surface area contributed by atoms with Crippen molar-refractivity contribution in [3.05, 3.63) is 89.7 Å². The molecule has 0 fully saturated rings. The minimum atomic E-state index is -3.89. The van der Waals surface area contributed by atoms with Gasteiger partial charge in [-0.25, -0.2) is 12.8 Å². The first-order valence-electron chi connectivity index (χ1n) is 8.38. The van der Waals surface area contributed by atoms with Gasteiger partial charge in [0.25, 0.3) is 10.0 Å². The van der Waals surface area contributed by atoms with Gasteiger partial charge in [-0.2, -0.15) is 0 Å². The zero-order valence-corrected chi connectivity index (χ0v) is 15.9. The summed E-state index contributed by atoms with van der Waals surface area (Å²) in [4.78, 5) is 0.0267. The van der Waals surface area contributed by atoms with Crippen LogP contribution in [0.2, 0.25) is 0 Å². The first kappa shape index (κ1) is 18.9. The number of nitrogens with zero attached hydrogens (tertiary/aromatic N) is 1. The van der Waals surface area contributed by atoms with Crippen LogP contribution in [0.25, 0.3) is 0 Å². The lowest BCUT2D eigenvalue weighted by atomic mass is 10.1. The van der Waals surface area contributed by atoms with Crippen LogP contribution in [0.3, 0.4) is 0 Å². The Morgan fingerprint density at radius 3 is 2.26 bits per heavy atom. The quantitative estimate of drug-likeness (QED) is 0.626. The minimum absolute atomic E-state index is 0.0267. The van der Waals surface area contributed by atoms with Crippen molar-refractivity contribution >= 4 is 15.7 Å². The van der Waals surface area contributed by atoms with Gasteiger partial charge in [0, 0.05) is 6.07 Å². The lowest BCUT2D eigenvalue weighted by molar-refractivity contribution is 0.415. The Hall–Kier alpha value is -2.86. The lowest BCUT2D eigenvalue weighted by Crippen LogP contribution is -2.30. The SMILES string of the molecule is COc1cccc(N(Cc2ccc(C)cc2)S(=O)(=O)c2ccc(F)cc2)c1. The number of methoxy groups -OCH3 is 1. The maximum Gasteiger partial charge on any atom is 0.264 e. The number of ether oxygens (including phenoxy) is 1. The topological polar surface area (TPSA) is 46.6 Å². The average Bonchev–Trinajstić information content (AvgIpc) is 2.67. The molecule has 0 bridgehead atoms. The summed E-state index contributed by atoms with van der Waals surface area (Å²) in [7, 11) is -2.37. The van der Waals surface area contributed by atoms with E-state index in [9.17, 15) is 12.8 Å². The van der Waals surface area contributed by atoms with E-state index in [1.807, 2.05) is 31.2 Å². The van der Waals surface area contributed by atoms with Gasteiger partial charge in [-0.3, -0.25) is 4.31 Å². The highest BCUT2D eigenvalue weighted by Gasteiger charge is 2.25. The van der Waals surface area contributed by atoms with Gasteiger partial charge >= 0.3 is 0 Å². The highest BCUT2D eigenvalue weighted by molar-refractivity contribution is 7.92. The largest absolute Gasteiger partial charge is 0.497 e. The smallest absolute Gasteiger partial charge is 0.264 e. The average molecular weight is 385 g/mol. The molecule has 6 heteroatoms. The van der Waals surface area contributed by atoms with Crippen molar-refractivity contribution in [2.24, 2.45) is 0 Å². The fraction of sp³-hybridized carbons (Fsp3) is 0.143. The molecule has 140 valence electrons. The van der Waals surface area contributed by atoms with E-state index in [0.717, 1.165) is 23.3 Å². The second-order valence-corrected chi connectivity index (χ2v) is 8.01. The first-order valence-corrected chi connectivity index (χ1v) is 9.82. The predicted octanol–water partition coefficient (Wildman–Crippen LogP) is 4.54. The second kappa shape index (κ2) is 7.80. The zero-order chi connectivity index (χ0) is 19.4. The molecular weight excluding hydrogens is 365 g/mol. The third-order valence-corrected chi connectivity index (χ3v) is 5.98. The summed E-state index contributed by atoms with van der Waals surface area (Å²) in [5.41, 5.74) is 2.40. The van der Waals surface area contributed by atoms with E-state index in [2.05, 4.69) is 0 Å². The first-order chi connectivity index (χ1) is 12.9. The summed E-state index contributed by atoms with van der Waals surface area (Å²) in [6, 6.07) is 19.3. The summed E-state index contributed by atoms with van der Waals surface area (Å²) in [5.74, 6) is 0.0659. The Labute approximate surface area is 158 Å². The van der Waals surface area contributed by atoms with E-state index in [-0.39, 0.29) is 11.4 Å². The number of anilines is 1. The van der Waals surface area contributed by atoms with Crippen LogP contribution < -0.4 is 9.04 Å². The molecule has 0 amide bonds. The molecule has 0 saturated carbocycles. The van der Waals surface area contributed by atoms with E-state index in [0.29, 0.717) is 11.4 Å². The Balaban J connectivity index is 2.08. The van der Waals surface area contributed by atoms with Gasteiger partial charge in [-0.1, -0.05) is 35.9 Å². The number of hydrogen-bond donors (Lipinski definition) is 0. The van der Waals surface area contributed by atoms with E-state index >= 15 is 0 Å². The molecule has 0 spiro atoms. The highest BCUT2D eigenvalue weighted by atomic mass is 32.2. The molecule has 0 atom stereocenters. The van der Waals surface area contributed by atoms with Crippen molar-refractivity contribution in [2.75, 3.05) is 11.4 Å². The second-order valence-electron chi connectivity index (χ2n) is 6.15. The molecule has 0 saturated heterocycles. The number of halogens is 1. The van der Waals surface area contributed by atoms with Crippen molar-refractivity contribution in [1.29, 1.82) is 0 Å². The number of hydrogen-bond acceptors (Lipinski definition) is 3. The molecule has 0 aliphatic heterocycles. The van der Waals surface area contributed by atoms with Gasteiger partial charge in [0.15, 0.2) is 0 Å². The normalized spacial score (nSPS) is 11.2. The van der Waals surface area contributed by atoms with Gasteiger partial charge < -0.3 is 4.74 Å². The fourth-order valence-corrected chi connectivity index (χ4v) is 4.12. The number of benzene rings is 3. The molecule has 0 aliphatic carbocycles. The van der Waals surface area contributed by atoms with Crippen LogP contribution in [0.4, 0.5) is 10.1 Å². The molecule has 0 heterocycles. The van der Waals surface area contributed by atoms with E-state index < -0.39 is 15.8 Å². The molecule has 0 unspecified atom stereocenters. The van der Waals surface area contributed by atoms with Gasteiger partial charge in [0.1, 0.15) is 11.6 Å². The third-order valence-electron chi connectivity index (χ3n) is 4.19. The Kier molecular flexibility index (Phi) is 5.46. The summed E-state index contributed by atoms with van der Waals surface area (Å²) in [5, 5.41) is 0. The molecule has 0 N–H and O–H groups in total. The molecule has 3 aromatic rings. The van der Waals surface area contributed by atoms with E-state index in [1.54, 1.807) is 24.3 Å². The van der Waals surface area contributed by atoms with Gasteiger partial charge in [-0.15, -0.1) is 0 Å². The van der Waals surface area contributed by atoms with Crippen molar-refractivity contribution < 1.29 is 17.5 Å². The van der Waals surface area contributed by atoms with Crippen LogP contribution in [0.5, 0.6) is 5.75 Å². The van der Waals surface area contributed by atoms with Crippen molar-refractivity contribution in [3.63, 3.8) is 0 Å². The molecule has 27 heavy (non-hydrogen) atoms. The van der Waals surface area contributed by atoms with Crippen LogP contribution in [0, 0.1) is 12.7 Å². The Morgan fingerprint density at radius 1 is 0.963 bits per heavy atom. The highest BCUT2D eigenvalue weighted by Crippen LogP contribution is 2.29. The summed E-state index contributed by atoms with van der Waals surface area (Å²) in [6.07, 6.45) is 0. The lowest BCUT2D eigenvalue weighted by Gasteiger charge is -2.25. The predicted molar refractivity (Wildman–Crippen MR) is 104 cm³/mol. The molecule has 0 radical (unpaired) electrons. The molecule has 3 aromatic carbocycles. The summed E-state index contributed by atoms with van der Waals surface area (Å²) < 4.78 is 46.3.